The van der Waals surface area contributed by atoms with Crippen molar-refractivity contribution < 1.29 is 19.1 Å². The third-order valence-corrected chi connectivity index (χ3v) is 3.90. The summed E-state index contributed by atoms with van der Waals surface area (Å²) in [6.07, 6.45) is -0.782. The number of nitriles is 1. The standard InChI is InChI=1S/C19H25N3O4/c1-19(2,3)26-17(23)21-11-12-22(16(13-21)9-10-20)18(24)25-14-15-7-5-4-6-8-15/h4-8,16H,9,11-14H2,1-3H3/t16-/m1/s1. The van der Waals surface area contributed by atoms with Gasteiger partial charge in [0, 0.05) is 19.6 Å². The number of amides is 2. The minimum atomic E-state index is -0.590. The molecule has 1 aliphatic heterocycles. The molecule has 2 rings (SSSR count). The lowest BCUT2D eigenvalue weighted by Gasteiger charge is -2.40. The van der Waals surface area contributed by atoms with Gasteiger partial charge in [0.15, 0.2) is 0 Å². The third kappa shape index (κ3) is 5.66. The number of hydrogen-bond donors (Lipinski definition) is 0. The number of ether oxygens (including phenoxy) is 2. The van der Waals surface area contributed by atoms with Gasteiger partial charge >= 0.3 is 12.2 Å². The first-order valence-electron chi connectivity index (χ1n) is 8.62. The summed E-state index contributed by atoms with van der Waals surface area (Å²) in [5, 5.41) is 9.07. The second-order valence-corrected chi connectivity index (χ2v) is 7.18. The molecule has 1 saturated heterocycles. The smallest absolute Gasteiger partial charge is 0.410 e. The fourth-order valence-corrected chi connectivity index (χ4v) is 2.67. The molecule has 2 amide bonds. The second kappa shape index (κ2) is 8.56. The highest BCUT2D eigenvalue weighted by atomic mass is 16.6. The van der Waals surface area contributed by atoms with Gasteiger partial charge in [-0.3, -0.25) is 0 Å². The van der Waals surface area contributed by atoms with Gasteiger partial charge in [0.25, 0.3) is 0 Å². The third-order valence-electron chi connectivity index (χ3n) is 3.90. The molecule has 0 N–H and O–H groups in total. The van der Waals surface area contributed by atoms with Crippen LogP contribution in [0.4, 0.5) is 9.59 Å². The molecule has 0 unspecified atom stereocenters. The van der Waals surface area contributed by atoms with Crippen molar-refractivity contribution in [3.05, 3.63) is 35.9 Å². The molecule has 0 radical (unpaired) electrons. The zero-order chi connectivity index (χ0) is 19.2. The summed E-state index contributed by atoms with van der Waals surface area (Å²) in [5.41, 5.74) is 0.304. The molecule has 1 fully saturated rings. The Labute approximate surface area is 154 Å². The number of rotatable bonds is 3. The van der Waals surface area contributed by atoms with Gasteiger partial charge in [-0.1, -0.05) is 30.3 Å². The van der Waals surface area contributed by atoms with Crippen molar-refractivity contribution in [2.75, 3.05) is 19.6 Å². The average molecular weight is 359 g/mol. The van der Waals surface area contributed by atoms with E-state index in [9.17, 15) is 9.59 Å². The molecule has 0 aromatic heterocycles. The van der Waals surface area contributed by atoms with E-state index in [-0.39, 0.29) is 19.6 Å². The molecule has 0 spiro atoms. The van der Waals surface area contributed by atoms with Crippen molar-refractivity contribution >= 4 is 12.2 Å². The fraction of sp³-hybridized carbons (Fsp3) is 0.526. The molecular formula is C19H25N3O4. The lowest BCUT2D eigenvalue weighted by Crippen LogP contribution is -2.57. The molecule has 1 atom stereocenters. The van der Waals surface area contributed by atoms with E-state index >= 15 is 0 Å². The Morgan fingerprint density at radius 3 is 2.50 bits per heavy atom. The Bertz CT molecular complexity index is 664. The zero-order valence-corrected chi connectivity index (χ0v) is 15.5. The second-order valence-electron chi connectivity index (χ2n) is 7.18. The maximum atomic E-state index is 12.4. The van der Waals surface area contributed by atoms with Crippen LogP contribution >= 0.6 is 0 Å². The lowest BCUT2D eigenvalue weighted by atomic mass is 10.1. The number of nitrogens with zero attached hydrogens (tertiary/aromatic N) is 3. The van der Waals surface area contributed by atoms with E-state index in [0.29, 0.717) is 13.1 Å². The lowest BCUT2D eigenvalue weighted by molar-refractivity contribution is 0.00170. The Hall–Kier alpha value is -2.75. The monoisotopic (exact) mass is 359 g/mol. The van der Waals surface area contributed by atoms with E-state index < -0.39 is 23.8 Å². The van der Waals surface area contributed by atoms with E-state index in [1.807, 2.05) is 30.3 Å². The minimum absolute atomic E-state index is 0.125. The number of hydrogen-bond acceptors (Lipinski definition) is 5. The van der Waals surface area contributed by atoms with Crippen LogP contribution in [0.1, 0.15) is 32.8 Å². The number of carbonyl (C=O) groups excluding carboxylic acids is 2. The summed E-state index contributed by atoms with van der Waals surface area (Å²) in [5.74, 6) is 0. The van der Waals surface area contributed by atoms with Gasteiger partial charge in [0.05, 0.1) is 18.5 Å². The normalized spacial score (nSPS) is 17.4. The summed E-state index contributed by atoms with van der Waals surface area (Å²) in [4.78, 5) is 27.7. The van der Waals surface area contributed by atoms with Crippen LogP contribution in [0, 0.1) is 11.3 Å². The summed E-state index contributed by atoms with van der Waals surface area (Å²) in [6, 6.07) is 11.1. The first-order valence-corrected chi connectivity index (χ1v) is 8.62. The van der Waals surface area contributed by atoms with Crippen LogP contribution in [-0.4, -0.2) is 53.3 Å². The van der Waals surface area contributed by atoms with E-state index in [4.69, 9.17) is 14.7 Å². The van der Waals surface area contributed by atoms with Crippen molar-refractivity contribution in [2.24, 2.45) is 0 Å². The molecule has 7 heteroatoms. The van der Waals surface area contributed by atoms with Gasteiger partial charge in [-0.2, -0.15) is 5.26 Å². The molecule has 1 aliphatic rings. The Morgan fingerprint density at radius 2 is 1.88 bits per heavy atom. The first kappa shape index (κ1) is 19.6. The minimum Gasteiger partial charge on any atom is -0.445 e. The maximum absolute atomic E-state index is 12.4. The highest BCUT2D eigenvalue weighted by Crippen LogP contribution is 2.18. The fourth-order valence-electron chi connectivity index (χ4n) is 2.67. The number of piperazine rings is 1. The Kier molecular flexibility index (Phi) is 6.45. The van der Waals surface area contributed by atoms with Crippen molar-refractivity contribution in [1.29, 1.82) is 5.26 Å². The van der Waals surface area contributed by atoms with Crippen LogP contribution in [0.2, 0.25) is 0 Å². The van der Waals surface area contributed by atoms with Crippen molar-refractivity contribution in [3.8, 4) is 6.07 Å². The van der Waals surface area contributed by atoms with Crippen molar-refractivity contribution in [1.82, 2.24) is 9.80 Å². The first-order chi connectivity index (χ1) is 12.3. The molecule has 0 bridgehead atoms. The molecular weight excluding hydrogens is 334 g/mol. The molecule has 0 saturated carbocycles. The van der Waals surface area contributed by atoms with Crippen LogP contribution < -0.4 is 0 Å². The van der Waals surface area contributed by atoms with Gasteiger partial charge < -0.3 is 19.3 Å². The average Bonchev–Trinajstić information content (AvgIpc) is 2.59. The predicted octanol–water partition coefficient (Wildman–Crippen LogP) is 3.16. The molecule has 1 aromatic carbocycles. The van der Waals surface area contributed by atoms with Gasteiger partial charge in [0.2, 0.25) is 0 Å². The zero-order valence-electron chi connectivity index (χ0n) is 15.5. The van der Waals surface area contributed by atoms with Crippen LogP contribution in [0.25, 0.3) is 0 Å². The molecule has 1 aromatic rings. The van der Waals surface area contributed by atoms with E-state index in [1.165, 1.54) is 9.80 Å². The SMILES string of the molecule is CC(C)(C)OC(=O)N1CCN(C(=O)OCc2ccccc2)[C@H](CC#N)C1. The van der Waals surface area contributed by atoms with Crippen molar-refractivity contribution in [2.45, 2.75) is 45.4 Å². The van der Waals surface area contributed by atoms with Crippen LogP contribution in [0.5, 0.6) is 0 Å². The molecule has 1 heterocycles. The van der Waals surface area contributed by atoms with Gasteiger partial charge in [0.1, 0.15) is 12.2 Å². The van der Waals surface area contributed by atoms with E-state index in [0.717, 1.165) is 5.56 Å². The van der Waals surface area contributed by atoms with Crippen LogP contribution in [0.15, 0.2) is 30.3 Å². The summed E-state index contributed by atoms with van der Waals surface area (Å²) in [7, 11) is 0. The van der Waals surface area contributed by atoms with Crippen LogP contribution in [-0.2, 0) is 16.1 Å². The Balaban J connectivity index is 1.95. The topological polar surface area (TPSA) is 82.9 Å². The summed E-state index contributed by atoms with van der Waals surface area (Å²) < 4.78 is 10.7. The Morgan fingerprint density at radius 1 is 1.19 bits per heavy atom. The number of carbonyl (C=O) groups is 2. The predicted molar refractivity (Wildman–Crippen MR) is 95.2 cm³/mol. The highest BCUT2D eigenvalue weighted by Gasteiger charge is 2.35. The quantitative estimate of drug-likeness (QED) is 0.828. The number of benzene rings is 1. The van der Waals surface area contributed by atoms with Gasteiger partial charge in [-0.25, -0.2) is 9.59 Å². The summed E-state index contributed by atoms with van der Waals surface area (Å²) in [6.45, 7) is 6.48. The summed E-state index contributed by atoms with van der Waals surface area (Å²) >= 11 is 0. The van der Waals surface area contributed by atoms with Crippen molar-refractivity contribution in [3.63, 3.8) is 0 Å². The molecule has 26 heavy (non-hydrogen) atoms. The maximum Gasteiger partial charge on any atom is 0.410 e. The molecule has 7 nitrogen and oxygen atoms in total. The molecule has 140 valence electrons. The van der Waals surface area contributed by atoms with E-state index in [2.05, 4.69) is 6.07 Å². The molecule has 0 aliphatic carbocycles. The van der Waals surface area contributed by atoms with E-state index in [1.54, 1.807) is 20.8 Å². The van der Waals surface area contributed by atoms with Gasteiger partial charge in [-0.15, -0.1) is 0 Å². The van der Waals surface area contributed by atoms with Gasteiger partial charge in [-0.05, 0) is 26.3 Å². The highest BCUT2D eigenvalue weighted by molar-refractivity contribution is 5.71. The largest absolute Gasteiger partial charge is 0.445 e. The van der Waals surface area contributed by atoms with Crippen LogP contribution in [0.3, 0.4) is 0 Å².